The number of nitrogens with one attached hydrogen (secondary N) is 1. The third-order valence-corrected chi connectivity index (χ3v) is 1.79. The van der Waals surface area contributed by atoms with Crippen molar-refractivity contribution >= 4 is 17.6 Å². The van der Waals surface area contributed by atoms with Crippen molar-refractivity contribution in [3.63, 3.8) is 0 Å². The first kappa shape index (κ1) is 9.26. The number of anilines is 2. The van der Waals surface area contributed by atoms with Crippen LogP contribution in [0.3, 0.4) is 0 Å². The summed E-state index contributed by atoms with van der Waals surface area (Å²) in [5, 5.41) is 2.65. The summed E-state index contributed by atoms with van der Waals surface area (Å²) in [5.41, 5.74) is 6.11. The summed E-state index contributed by atoms with van der Waals surface area (Å²) >= 11 is 0. The maximum atomic E-state index is 11.5. The van der Waals surface area contributed by atoms with Crippen molar-refractivity contribution in [3.8, 4) is 0 Å². The van der Waals surface area contributed by atoms with E-state index in [9.17, 15) is 4.79 Å². The Labute approximate surface area is 85.9 Å². The number of hydrogen-bond donors (Lipinski definition) is 2. The van der Waals surface area contributed by atoms with Crippen LogP contribution in [-0.4, -0.2) is 10.9 Å². The Hall–Kier alpha value is -2.30. The third-order valence-electron chi connectivity index (χ3n) is 1.79. The Morgan fingerprint density at radius 2 is 2.07 bits per heavy atom. The van der Waals surface area contributed by atoms with Gasteiger partial charge in [0.05, 0.1) is 0 Å². The third kappa shape index (κ3) is 2.14. The lowest BCUT2D eigenvalue weighted by Crippen LogP contribution is -2.12. The van der Waals surface area contributed by atoms with Crippen LogP contribution in [0, 0.1) is 0 Å². The summed E-state index contributed by atoms with van der Waals surface area (Å²) in [4.78, 5) is 15.2. The lowest BCUT2D eigenvalue weighted by atomic mass is 10.3. The Balaban J connectivity index is 2.11. The van der Waals surface area contributed by atoms with Crippen LogP contribution in [0.25, 0.3) is 0 Å². The average Bonchev–Trinajstić information content (AvgIpc) is 2.66. The highest BCUT2D eigenvalue weighted by atomic mass is 16.4. The number of oxazole rings is 1. The Bertz CT molecular complexity index is 465. The molecular weight excluding hydrogens is 194 g/mol. The predicted octanol–water partition coefficient (Wildman–Crippen LogP) is 1.51. The van der Waals surface area contributed by atoms with Crippen LogP contribution in [0.5, 0.6) is 0 Å². The summed E-state index contributed by atoms with van der Waals surface area (Å²) in [6.45, 7) is 0. The maximum Gasteiger partial charge on any atom is 0.292 e. The molecule has 5 nitrogen and oxygen atoms in total. The molecule has 5 heteroatoms. The molecule has 0 radical (unpaired) electrons. The summed E-state index contributed by atoms with van der Waals surface area (Å²) in [7, 11) is 0. The molecule has 0 bridgehead atoms. The van der Waals surface area contributed by atoms with E-state index < -0.39 is 0 Å². The van der Waals surface area contributed by atoms with Crippen molar-refractivity contribution in [2.24, 2.45) is 0 Å². The Morgan fingerprint density at radius 3 is 2.67 bits per heavy atom. The Morgan fingerprint density at radius 1 is 1.33 bits per heavy atom. The quantitative estimate of drug-likeness (QED) is 0.775. The smallest absolute Gasteiger partial charge is 0.292 e. The van der Waals surface area contributed by atoms with E-state index in [2.05, 4.69) is 10.3 Å². The van der Waals surface area contributed by atoms with Gasteiger partial charge < -0.3 is 15.5 Å². The highest BCUT2D eigenvalue weighted by molar-refractivity contribution is 6.02. The van der Waals surface area contributed by atoms with Crippen molar-refractivity contribution in [1.29, 1.82) is 0 Å². The molecule has 0 aliphatic heterocycles. The molecule has 1 heterocycles. The molecular formula is C10H9N3O2. The number of aromatic nitrogens is 1. The second kappa shape index (κ2) is 3.83. The average molecular weight is 203 g/mol. The predicted molar refractivity (Wildman–Crippen MR) is 55.3 cm³/mol. The van der Waals surface area contributed by atoms with Crippen LogP contribution in [-0.2, 0) is 0 Å². The molecule has 0 aliphatic rings. The van der Waals surface area contributed by atoms with E-state index >= 15 is 0 Å². The van der Waals surface area contributed by atoms with Gasteiger partial charge in [0.2, 0.25) is 0 Å². The molecule has 0 fully saturated rings. The van der Waals surface area contributed by atoms with Gasteiger partial charge in [-0.25, -0.2) is 0 Å². The van der Waals surface area contributed by atoms with Crippen LogP contribution in [0.4, 0.5) is 11.7 Å². The van der Waals surface area contributed by atoms with E-state index in [1.54, 1.807) is 12.1 Å². The minimum atomic E-state index is -0.346. The van der Waals surface area contributed by atoms with E-state index in [4.69, 9.17) is 10.2 Å². The van der Waals surface area contributed by atoms with Gasteiger partial charge in [-0.1, -0.05) is 18.2 Å². The van der Waals surface area contributed by atoms with Crippen LogP contribution >= 0.6 is 0 Å². The van der Waals surface area contributed by atoms with Crippen molar-refractivity contribution < 1.29 is 9.21 Å². The molecule has 76 valence electrons. The monoisotopic (exact) mass is 203 g/mol. The fourth-order valence-corrected chi connectivity index (χ4v) is 1.11. The number of hydrogen-bond acceptors (Lipinski definition) is 4. The molecule has 0 aliphatic carbocycles. The molecule has 2 aromatic rings. The molecule has 1 aromatic heterocycles. The van der Waals surface area contributed by atoms with Crippen LogP contribution in [0.15, 0.2) is 41.0 Å². The summed E-state index contributed by atoms with van der Waals surface area (Å²) in [5.74, 6) is -0.346. The second-order valence-electron chi connectivity index (χ2n) is 2.89. The van der Waals surface area contributed by atoms with Gasteiger partial charge >= 0.3 is 0 Å². The molecule has 3 N–H and O–H groups in total. The number of para-hydroxylation sites is 1. The SMILES string of the molecule is Nc1nc(C(=O)Nc2ccccc2)co1. The first-order chi connectivity index (χ1) is 7.25. The Kier molecular flexibility index (Phi) is 2.37. The molecule has 0 saturated heterocycles. The first-order valence-corrected chi connectivity index (χ1v) is 4.33. The van der Waals surface area contributed by atoms with E-state index in [1.807, 2.05) is 18.2 Å². The normalized spacial score (nSPS) is 9.87. The van der Waals surface area contributed by atoms with Gasteiger partial charge in [-0.05, 0) is 12.1 Å². The standard InChI is InChI=1S/C10H9N3O2/c11-10-13-8(6-15-10)9(14)12-7-4-2-1-3-5-7/h1-6H,(H2,11,13)(H,12,14). The highest BCUT2D eigenvalue weighted by Crippen LogP contribution is 2.09. The molecule has 0 spiro atoms. The molecule has 2 rings (SSSR count). The number of nitrogens with zero attached hydrogens (tertiary/aromatic N) is 1. The van der Waals surface area contributed by atoms with Gasteiger partial charge in [-0.15, -0.1) is 0 Å². The van der Waals surface area contributed by atoms with Gasteiger partial charge in [-0.3, -0.25) is 4.79 Å². The number of carbonyl (C=O) groups excluding carboxylic acids is 1. The number of carbonyl (C=O) groups is 1. The first-order valence-electron chi connectivity index (χ1n) is 4.33. The summed E-state index contributed by atoms with van der Waals surface area (Å²) < 4.78 is 4.73. The van der Waals surface area contributed by atoms with Gasteiger partial charge in [0, 0.05) is 5.69 Å². The zero-order valence-corrected chi connectivity index (χ0v) is 7.81. The van der Waals surface area contributed by atoms with Crippen molar-refractivity contribution in [2.45, 2.75) is 0 Å². The second-order valence-corrected chi connectivity index (χ2v) is 2.89. The molecule has 15 heavy (non-hydrogen) atoms. The number of amides is 1. The fraction of sp³-hybridized carbons (Fsp3) is 0. The largest absolute Gasteiger partial charge is 0.431 e. The number of rotatable bonds is 2. The highest BCUT2D eigenvalue weighted by Gasteiger charge is 2.10. The van der Waals surface area contributed by atoms with Crippen molar-refractivity contribution in [1.82, 2.24) is 4.98 Å². The van der Waals surface area contributed by atoms with Gasteiger partial charge in [0.1, 0.15) is 6.26 Å². The number of nitrogen functional groups attached to an aromatic ring is 1. The minimum Gasteiger partial charge on any atom is -0.431 e. The molecule has 0 saturated carbocycles. The molecule has 0 atom stereocenters. The van der Waals surface area contributed by atoms with E-state index in [-0.39, 0.29) is 17.6 Å². The maximum absolute atomic E-state index is 11.5. The van der Waals surface area contributed by atoms with E-state index in [0.29, 0.717) is 5.69 Å². The van der Waals surface area contributed by atoms with Crippen molar-refractivity contribution in [2.75, 3.05) is 11.1 Å². The van der Waals surface area contributed by atoms with Gasteiger partial charge in [-0.2, -0.15) is 4.98 Å². The van der Waals surface area contributed by atoms with E-state index in [1.165, 1.54) is 6.26 Å². The topological polar surface area (TPSA) is 81.1 Å². The van der Waals surface area contributed by atoms with Crippen LogP contribution < -0.4 is 11.1 Å². The lowest BCUT2D eigenvalue weighted by molar-refractivity contribution is 0.102. The summed E-state index contributed by atoms with van der Waals surface area (Å²) in [6.07, 6.45) is 1.22. The zero-order valence-electron chi connectivity index (χ0n) is 7.81. The number of nitrogens with two attached hydrogens (primary N) is 1. The molecule has 0 unspecified atom stereocenters. The fourth-order valence-electron chi connectivity index (χ4n) is 1.11. The van der Waals surface area contributed by atoms with E-state index in [0.717, 1.165) is 0 Å². The summed E-state index contributed by atoms with van der Waals surface area (Å²) in [6, 6.07) is 9.06. The van der Waals surface area contributed by atoms with Gasteiger partial charge in [0.25, 0.3) is 11.9 Å². The minimum absolute atomic E-state index is 0.0202. The molecule has 1 amide bonds. The van der Waals surface area contributed by atoms with Crippen LogP contribution in [0.1, 0.15) is 10.5 Å². The van der Waals surface area contributed by atoms with Crippen molar-refractivity contribution in [3.05, 3.63) is 42.3 Å². The number of benzene rings is 1. The lowest BCUT2D eigenvalue weighted by Gasteiger charge is -2.00. The van der Waals surface area contributed by atoms with Crippen LogP contribution in [0.2, 0.25) is 0 Å². The molecule has 1 aromatic carbocycles. The zero-order chi connectivity index (χ0) is 10.7. The van der Waals surface area contributed by atoms with Gasteiger partial charge in [0.15, 0.2) is 5.69 Å².